The molecule has 0 aromatic carbocycles. The molecule has 0 saturated heterocycles. The molecule has 0 bridgehead atoms. The topological polar surface area (TPSA) is 54.9 Å². The van der Waals surface area contributed by atoms with Gasteiger partial charge in [0.1, 0.15) is 11.5 Å². The molecule has 1 spiro atoms. The second-order valence-corrected chi connectivity index (χ2v) is 6.40. The van der Waals surface area contributed by atoms with Crippen molar-refractivity contribution in [1.29, 1.82) is 0 Å². The second kappa shape index (κ2) is 5.20. The summed E-state index contributed by atoms with van der Waals surface area (Å²) in [5.74, 6) is 7.10. The van der Waals surface area contributed by atoms with Crippen molar-refractivity contribution in [2.75, 3.05) is 12.4 Å². The minimum atomic E-state index is 0.218. The first-order chi connectivity index (χ1) is 11.2. The molecule has 0 amide bonds. The zero-order valence-corrected chi connectivity index (χ0v) is 13.0. The fourth-order valence-corrected chi connectivity index (χ4v) is 3.11. The smallest absolute Gasteiger partial charge is 0.165 e. The highest BCUT2D eigenvalue weighted by molar-refractivity contribution is 5.99. The maximum atomic E-state index is 12.3. The van der Waals surface area contributed by atoms with Gasteiger partial charge in [-0.15, -0.1) is 0 Å². The van der Waals surface area contributed by atoms with Crippen molar-refractivity contribution in [3.63, 3.8) is 0 Å². The van der Waals surface area contributed by atoms with E-state index < -0.39 is 0 Å². The van der Waals surface area contributed by atoms with Gasteiger partial charge in [-0.3, -0.25) is 9.78 Å². The van der Waals surface area contributed by atoms with Gasteiger partial charge in [0.05, 0.1) is 5.69 Å². The lowest BCUT2D eigenvalue weighted by Gasteiger charge is -2.21. The van der Waals surface area contributed by atoms with Gasteiger partial charge in [0.25, 0.3) is 0 Å². The number of nitrogens with zero attached hydrogens (tertiary/aromatic N) is 2. The van der Waals surface area contributed by atoms with Crippen LogP contribution in [0.3, 0.4) is 0 Å². The van der Waals surface area contributed by atoms with E-state index in [2.05, 4.69) is 27.1 Å². The molecule has 0 unspecified atom stereocenters. The number of nitrogens with one attached hydrogen (secondary N) is 1. The Balaban J connectivity index is 1.63. The van der Waals surface area contributed by atoms with Crippen molar-refractivity contribution in [1.82, 2.24) is 9.97 Å². The standard InChI is InChI=1S/C19H17N3O/c1-20-18-4-2-3-14(22-18)6-5-13-9-15-16(21-12-13)10-19(7-8-19)11-17(15)23/h2-4,9,12H,7-8,10-11H2,1H3,(H,20,22). The van der Waals surface area contributed by atoms with Crippen LogP contribution in [0.5, 0.6) is 0 Å². The molecule has 2 aromatic heterocycles. The number of carbonyl (C=O) groups is 1. The molecule has 2 aliphatic rings. The van der Waals surface area contributed by atoms with Gasteiger partial charge in [-0.05, 0) is 48.8 Å². The Kier molecular flexibility index (Phi) is 3.16. The van der Waals surface area contributed by atoms with E-state index in [0.29, 0.717) is 12.1 Å². The van der Waals surface area contributed by atoms with Crippen LogP contribution in [0.2, 0.25) is 0 Å². The van der Waals surface area contributed by atoms with Gasteiger partial charge in [0.15, 0.2) is 5.78 Å². The number of ketones is 1. The lowest BCUT2D eigenvalue weighted by atomic mass is 9.83. The quantitative estimate of drug-likeness (QED) is 0.823. The van der Waals surface area contributed by atoms with Gasteiger partial charge in [0, 0.05) is 30.8 Å². The summed E-state index contributed by atoms with van der Waals surface area (Å²) in [6.07, 6.45) is 5.70. The summed E-state index contributed by atoms with van der Waals surface area (Å²) in [5.41, 5.74) is 3.39. The van der Waals surface area contributed by atoms with Gasteiger partial charge in [-0.1, -0.05) is 12.0 Å². The van der Waals surface area contributed by atoms with E-state index in [4.69, 9.17) is 0 Å². The van der Waals surface area contributed by atoms with Crippen molar-refractivity contribution >= 4 is 11.6 Å². The van der Waals surface area contributed by atoms with Crippen molar-refractivity contribution < 1.29 is 4.79 Å². The van der Waals surface area contributed by atoms with Gasteiger partial charge < -0.3 is 5.32 Å². The summed E-state index contributed by atoms with van der Waals surface area (Å²) in [6.45, 7) is 0. The number of Topliss-reactive ketones (excluding diaryl/α,β-unsaturated/α-hetero) is 1. The summed E-state index contributed by atoms with van der Waals surface area (Å²) in [7, 11) is 1.82. The Bertz CT molecular complexity index is 856. The fraction of sp³-hybridized carbons (Fsp3) is 0.316. The highest BCUT2D eigenvalue weighted by Crippen LogP contribution is 2.54. The third-order valence-corrected chi connectivity index (χ3v) is 4.65. The number of hydrogen-bond acceptors (Lipinski definition) is 4. The molecule has 4 heteroatoms. The predicted molar refractivity (Wildman–Crippen MR) is 88.3 cm³/mol. The van der Waals surface area contributed by atoms with Gasteiger partial charge in [-0.25, -0.2) is 4.98 Å². The summed E-state index contributed by atoms with van der Waals surface area (Å²) in [5, 5.41) is 2.99. The average Bonchev–Trinajstić information content (AvgIpc) is 3.32. The molecular formula is C19H17N3O. The zero-order valence-electron chi connectivity index (χ0n) is 13.0. The van der Waals surface area contributed by atoms with E-state index in [-0.39, 0.29) is 11.2 Å². The Morgan fingerprint density at radius 3 is 2.87 bits per heavy atom. The molecule has 2 aliphatic carbocycles. The average molecular weight is 303 g/mol. The normalized spacial score (nSPS) is 17.2. The lowest BCUT2D eigenvalue weighted by molar-refractivity contribution is 0.0939. The summed E-state index contributed by atoms with van der Waals surface area (Å²) >= 11 is 0. The van der Waals surface area contributed by atoms with Crippen molar-refractivity contribution in [2.45, 2.75) is 25.7 Å². The molecule has 114 valence electrons. The van der Waals surface area contributed by atoms with E-state index >= 15 is 0 Å². The SMILES string of the molecule is CNc1cccc(C#Cc2cnc3c(c2)C(=O)CC2(CC2)C3)n1. The van der Waals surface area contributed by atoms with E-state index in [1.54, 1.807) is 6.20 Å². The number of pyridine rings is 2. The van der Waals surface area contributed by atoms with Crippen LogP contribution in [0.4, 0.5) is 5.82 Å². The Labute approximate surface area is 135 Å². The van der Waals surface area contributed by atoms with Crippen LogP contribution in [0.25, 0.3) is 0 Å². The lowest BCUT2D eigenvalue weighted by Crippen LogP contribution is -2.22. The van der Waals surface area contributed by atoms with Crippen LogP contribution in [0.1, 0.15) is 46.6 Å². The maximum absolute atomic E-state index is 12.3. The predicted octanol–water partition coefficient (Wildman–Crippen LogP) is 2.83. The van der Waals surface area contributed by atoms with E-state index in [1.165, 1.54) is 0 Å². The third-order valence-electron chi connectivity index (χ3n) is 4.65. The molecule has 1 saturated carbocycles. The zero-order chi connectivity index (χ0) is 15.9. The monoisotopic (exact) mass is 303 g/mol. The third kappa shape index (κ3) is 2.70. The Morgan fingerprint density at radius 1 is 1.22 bits per heavy atom. The first-order valence-corrected chi connectivity index (χ1v) is 7.86. The van der Waals surface area contributed by atoms with Crippen molar-refractivity contribution in [2.24, 2.45) is 5.41 Å². The number of hydrogen-bond donors (Lipinski definition) is 1. The number of aromatic nitrogens is 2. The van der Waals surface area contributed by atoms with Gasteiger partial charge >= 0.3 is 0 Å². The molecule has 0 atom stereocenters. The number of carbonyl (C=O) groups excluding carboxylic acids is 1. The van der Waals surface area contributed by atoms with E-state index in [1.807, 2.05) is 31.3 Å². The highest BCUT2D eigenvalue weighted by Gasteiger charge is 2.48. The molecule has 2 aromatic rings. The highest BCUT2D eigenvalue weighted by atomic mass is 16.1. The molecule has 1 fully saturated rings. The first-order valence-electron chi connectivity index (χ1n) is 7.86. The van der Waals surface area contributed by atoms with Gasteiger partial charge in [-0.2, -0.15) is 0 Å². The number of anilines is 1. The van der Waals surface area contributed by atoms with Crippen molar-refractivity contribution in [3.8, 4) is 11.8 Å². The van der Waals surface area contributed by atoms with Crippen LogP contribution >= 0.6 is 0 Å². The minimum Gasteiger partial charge on any atom is -0.373 e. The van der Waals surface area contributed by atoms with Crippen LogP contribution in [-0.4, -0.2) is 22.8 Å². The fourth-order valence-electron chi connectivity index (χ4n) is 3.11. The Morgan fingerprint density at radius 2 is 2.09 bits per heavy atom. The summed E-state index contributed by atoms with van der Waals surface area (Å²) in [6, 6.07) is 7.54. The summed E-state index contributed by atoms with van der Waals surface area (Å²) < 4.78 is 0. The maximum Gasteiger partial charge on any atom is 0.165 e. The van der Waals surface area contributed by atoms with Crippen LogP contribution < -0.4 is 5.32 Å². The minimum absolute atomic E-state index is 0.218. The molecular weight excluding hydrogens is 286 g/mol. The number of rotatable bonds is 1. The number of fused-ring (bicyclic) bond motifs is 1. The molecule has 2 heterocycles. The summed E-state index contributed by atoms with van der Waals surface area (Å²) in [4.78, 5) is 21.2. The molecule has 4 nitrogen and oxygen atoms in total. The molecule has 1 N–H and O–H groups in total. The van der Waals surface area contributed by atoms with Crippen LogP contribution in [-0.2, 0) is 6.42 Å². The Hall–Kier alpha value is -2.67. The van der Waals surface area contributed by atoms with Crippen LogP contribution in [0.15, 0.2) is 30.5 Å². The largest absolute Gasteiger partial charge is 0.373 e. The molecule has 0 aliphatic heterocycles. The van der Waals surface area contributed by atoms with E-state index in [0.717, 1.165) is 41.9 Å². The van der Waals surface area contributed by atoms with Gasteiger partial charge in [0.2, 0.25) is 0 Å². The second-order valence-electron chi connectivity index (χ2n) is 6.40. The van der Waals surface area contributed by atoms with Crippen molar-refractivity contribution in [3.05, 3.63) is 53.0 Å². The first kappa shape index (κ1) is 14.0. The van der Waals surface area contributed by atoms with Crippen LogP contribution in [0, 0.1) is 17.3 Å². The molecule has 4 rings (SSSR count). The molecule has 0 radical (unpaired) electrons. The van der Waals surface area contributed by atoms with E-state index in [9.17, 15) is 4.79 Å². The molecule has 23 heavy (non-hydrogen) atoms.